The van der Waals surface area contributed by atoms with Crippen LogP contribution in [0.1, 0.15) is 15.9 Å². The number of hydrogen-bond acceptors (Lipinski definition) is 2. The van der Waals surface area contributed by atoms with Gasteiger partial charge < -0.3 is 4.90 Å². The molecule has 92 valence electrons. The molecule has 0 bridgehead atoms. The SMILES string of the molecule is CN(C)c1ccc(C(=O)Cc2ccccc2)cc1. The van der Waals surface area contributed by atoms with Crippen molar-refractivity contribution in [1.29, 1.82) is 0 Å². The van der Waals surface area contributed by atoms with Crippen molar-refractivity contribution in [2.45, 2.75) is 6.42 Å². The Balaban J connectivity index is 2.10. The topological polar surface area (TPSA) is 20.3 Å². The van der Waals surface area contributed by atoms with Gasteiger partial charge in [0.2, 0.25) is 0 Å². The van der Waals surface area contributed by atoms with Gasteiger partial charge in [-0.3, -0.25) is 4.79 Å². The molecule has 0 heterocycles. The highest BCUT2D eigenvalue weighted by Gasteiger charge is 2.06. The first-order valence-corrected chi connectivity index (χ1v) is 6.01. The summed E-state index contributed by atoms with van der Waals surface area (Å²) in [6, 6.07) is 17.5. The fourth-order valence-corrected chi connectivity index (χ4v) is 1.83. The summed E-state index contributed by atoms with van der Waals surface area (Å²) >= 11 is 0. The van der Waals surface area contributed by atoms with E-state index in [4.69, 9.17) is 0 Å². The van der Waals surface area contributed by atoms with E-state index in [1.165, 1.54) is 0 Å². The number of nitrogens with zero attached hydrogens (tertiary/aromatic N) is 1. The summed E-state index contributed by atoms with van der Waals surface area (Å²) in [5, 5.41) is 0. The van der Waals surface area contributed by atoms with Crippen LogP contribution in [0.4, 0.5) is 5.69 Å². The van der Waals surface area contributed by atoms with Crippen LogP contribution in [-0.2, 0) is 6.42 Å². The van der Waals surface area contributed by atoms with Gasteiger partial charge in [-0.05, 0) is 29.8 Å². The second-order valence-electron chi connectivity index (χ2n) is 4.53. The van der Waals surface area contributed by atoms with Crippen molar-refractivity contribution in [3.63, 3.8) is 0 Å². The van der Waals surface area contributed by atoms with E-state index in [0.717, 1.165) is 16.8 Å². The van der Waals surface area contributed by atoms with Crippen LogP contribution in [0.5, 0.6) is 0 Å². The molecule has 0 radical (unpaired) electrons. The number of benzene rings is 2. The van der Waals surface area contributed by atoms with Crippen molar-refractivity contribution in [3.8, 4) is 0 Å². The van der Waals surface area contributed by atoms with Crippen molar-refractivity contribution in [3.05, 3.63) is 65.7 Å². The van der Waals surface area contributed by atoms with Gasteiger partial charge in [0, 0.05) is 31.8 Å². The third-order valence-electron chi connectivity index (χ3n) is 2.91. The molecule has 0 fully saturated rings. The van der Waals surface area contributed by atoms with Gasteiger partial charge in [0.15, 0.2) is 5.78 Å². The van der Waals surface area contributed by atoms with E-state index in [0.29, 0.717) is 6.42 Å². The zero-order chi connectivity index (χ0) is 13.0. The molecule has 18 heavy (non-hydrogen) atoms. The maximum Gasteiger partial charge on any atom is 0.167 e. The predicted molar refractivity (Wildman–Crippen MR) is 75.2 cm³/mol. The molecule has 2 nitrogen and oxygen atoms in total. The standard InChI is InChI=1S/C16H17NO/c1-17(2)15-10-8-14(9-11-15)16(18)12-13-6-4-3-5-7-13/h3-11H,12H2,1-2H3. The minimum absolute atomic E-state index is 0.159. The van der Waals surface area contributed by atoms with Crippen molar-refractivity contribution in [1.82, 2.24) is 0 Å². The molecule has 0 aliphatic carbocycles. The third-order valence-corrected chi connectivity index (χ3v) is 2.91. The molecule has 0 aliphatic rings. The van der Waals surface area contributed by atoms with E-state index >= 15 is 0 Å². The van der Waals surface area contributed by atoms with Crippen LogP contribution in [0.25, 0.3) is 0 Å². The first kappa shape index (κ1) is 12.4. The lowest BCUT2D eigenvalue weighted by atomic mass is 10.0. The van der Waals surface area contributed by atoms with E-state index in [2.05, 4.69) is 0 Å². The largest absolute Gasteiger partial charge is 0.378 e. The summed E-state index contributed by atoms with van der Waals surface area (Å²) < 4.78 is 0. The van der Waals surface area contributed by atoms with Crippen molar-refractivity contribution in [2.75, 3.05) is 19.0 Å². The van der Waals surface area contributed by atoms with Crippen LogP contribution in [0.3, 0.4) is 0 Å². The first-order chi connectivity index (χ1) is 8.66. The van der Waals surface area contributed by atoms with Crippen LogP contribution in [0, 0.1) is 0 Å². The maximum absolute atomic E-state index is 12.1. The quantitative estimate of drug-likeness (QED) is 0.764. The average Bonchev–Trinajstić information content (AvgIpc) is 2.40. The molecule has 2 heteroatoms. The average molecular weight is 239 g/mol. The summed E-state index contributed by atoms with van der Waals surface area (Å²) in [7, 11) is 3.97. The molecule has 2 rings (SSSR count). The second kappa shape index (κ2) is 5.50. The molecule has 0 amide bonds. The summed E-state index contributed by atoms with van der Waals surface area (Å²) in [4.78, 5) is 14.1. The predicted octanol–water partition coefficient (Wildman–Crippen LogP) is 3.18. The molecular weight excluding hydrogens is 222 g/mol. The maximum atomic E-state index is 12.1. The lowest BCUT2D eigenvalue weighted by Crippen LogP contribution is -2.09. The number of anilines is 1. The minimum Gasteiger partial charge on any atom is -0.378 e. The number of Topliss-reactive ketones (excluding diaryl/α,β-unsaturated/α-hetero) is 1. The van der Waals surface area contributed by atoms with E-state index in [1.807, 2.05) is 73.6 Å². The highest BCUT2D eigenvalue weighted by molar-refractivity contribution is 5.97. The molecule has 0 saturated carbocycles. The first-order valence-electron chi connectivity index (χ1n) is 6.01. The van der Waals surface area contributed by atoms with Gasteiger partial charge >= 0.3 is 0 Å². The summed E-state index contributed by atoms with van der Waals surface area (Å²) in [6.45, 7) is 0. The number of ketones is 1. The molecule has 2 aromatic carbocycles. The number of hydrogen-bond donors (Lipinski definition) is 0. The van der Waals surface area contributed by atoms with Crippen molar-refractivity contribution >= 4 is 11.5 Å². The second-order valence-corrected chi connectivity index (χ2v) is 4.53. The third kappa shape index (κ3) is 2.98. The van der Waals surface area contributed by atoms with Gasteiger partial charge in [-0.15, -0.1) is 0 Å². The highest BCUT2D eigenvalue weighted by Crippen LogP contribution is 2.14. The Kier molecular flexibility index (Phi) is 3.78. The molecule has 0 N–H and O–H groups in total. The summed E-state index contributed by atoms with van der Waals surface area (Å²) in [6.07, 6.45) is 0.460. The van der Waals surface area contributed by atoms with E-state index < -0.39 is 0 Å². The van der Waals surface area contributed by atoms with Crippen molar-refractivity contribution in [2.24, 2.45) is 0 Å². The van der Waals surface area contributed by atoms with E-state index in [-0.39, 0.29) is 5.78 Å². The van der Waals surface area contributed by atoms with Gasteiger partial charge in [0.1, 0.15) is 0 Å². The summed E-state index contributed by atoms with van der Waals surface area (Å²) in [5.41, 5.74) is 2.93. The van der Waals surface area contributed by atoms with Gasteiger partial charge in [0.05, 0.1) is 0 Å². The molecule has 0 spiro atoms. The molecule has 0 unspecified atom stereocenters. The Morgan fingerprint density at radius 2 is 1.56 bits per heavy atom. The van der Waals surface area contributed by atoms with Gasteiger partial charge in [-0.25, -0.2) is 0 Å². The highest BCUT2D eigenvalue weighted by atomic mass is 16.1. The van der Waals surface area contributed by atoms with Gasteiger partial charge in [-0.2, -0.15) is 0 Å². The number of carbonyl (C=O) groups excluding carboxylic acids is 1. The Morgan fingerprint density at radius 3 is 2.11 bits per heavy atom. The van der Waals surface area contributed by atoms with Gasteiger partial charge in [-0.1, -0.05) is 30.3 Å². The van der Waals surface area contributed by atoms with Crippen molar-refractivity contribution < 1.29 is 4.79 Å². The van der Waals surface area contributed by atoms with Crippen LogP contribution in [-0.4, -0.2) is 19.9 Å². The number of rotatable bonds is 4. The molecular formula is C16H17NO. The smallest absolute Gasteiger partial charge is 0.167 e. The molecule has 2 aromatic rings. The Hall–Kier alpha value is -2.09. The Bertz CT molecular complexity index is 515. The zero-order valence-corrected chi connectivity index (χ0v) is 10.8. The normalized spacial score (nSPS) is 10.1. The van der Waals surface area contributed by atoms with Crippen LogP contribution >= 0.6 is 0 Å². The monoisotopic (exact) mass is 239 g/mol. The zero-order valence-electron chi connectivity index (χ0n) is 10.8. The number of carbonyl (C=O) groups is 1. The molecule has 0 aliphatic heterocycles. The summed E-state index contributed by atoms with van der Waals surface area (Å²) in [5.74, 6) is 0.159. The fourth-order valence-electron chi connectivity index (χ4n) is 1.83. The minimum atomic E-state index is 0.159. The Morgan fingerprint density at radius 1 is 0.944 bits per heavy atom. The van der Waals surface area contributed by atoms with E-state index in [9.17, 15) is 4.79 Å². The Labute approximate surface area is 108 Å². The van der Waals surface area contributed by atoms with Crippen LogP contribution in [0.2, 0.25) is 0 Å². The lowest BCUT2D eigenvalue weighted by Gasteiger charge is -2.12. The lowest BCUT2D eigenvalue weighted by molar-refractivity contribution is 0.0993. The van der Waals surface area contributed by atoms with Crippen LogP contribution < -0.4 is 4.90 Å². The van der Waals surface area contributed by atoms with Gasteiger partial charge in [0.25, 0.3) is 0 Å². The molecule has 0 atom stereocenters. The van der Waals surface area contributed by atoms with Crippen LogP contribution in [0.15, 0.2) is 54.6 Å². The molecule has 0 aromatic heterocycles. The van der Waals surface area contributed by atoms with E-state index in [1.54, 1.807) is 0 Å². The molecule has 0 saturated heterocycles. The fraction of sp³-hybridized carbons (Fsp3) is 0.188.